The molecule has 2 aromatic carbocycles. The second-order valence-electron chi connectivity index (χ2n) is 5.48. The number of aromatic nitrogens is 2. The monoisotopic (exact) mass is 371 g/mol. The van der Waals surface area contributed by atoms with Crippen molar-refractivity contribution in [2.24, 2.45) is 7.05 Å². The molecule has 0 aliphatic heterocycles. The number of anilines is 1. The van der Waals surface area contributed by atoms with Gasteiger partial charge < -0.3 is 20.1 Å². The summed E-state index contributed by atoms with van der Waals surface area (Å²) in [4.78, 5) is 22.6. The summed E-state index contributed by atoms with van der Waals surface area (Å²) in [5, 5.41) is 18.1. The van der Waals surface area contributed by atoms with Gasteiger partial charge in [0.2, 0.25) is 5.95 Å². The fraction of sp³-hybridized carbons (Fsp3) is 0.105. The number of hydrogen-bond donors (Lipinski definition) is 3. The van der Waals surface area contributed by atoms with Gasteiger partial charge in [-0.1, -0.05) is 42.5 Å². The molecule has 0 spiro atoms. The molecule has 1 aromatic heterocycles. The first-order valence-electron chi connectivity index (χ1n) is 7.90. The van der Waals surface area contributed by atoms with E-state index in [4.69, 9.17) is 19.8 Å². The predicted octanol–water partition coefficient (Wildman–Crippen LogP) is 2.99. The van der Waals surface area contributed by atoms with Crippen LogP contribution in [0.4, 0.5) is 10.3 Å². The summed E-state index contributed by atoms with van der Waals surface area (Å²) in [5.74, 6) is -3.08. The van der Waals surface area contributed by atoms with Crippen LogP contribution in [0.25, 0.3) is 11.3 Å². The van der Waals surface area contributed by atoms with Gasteiger partial charge >= 0.3 is 11.9 Å². The Hall–Kier alpha value is -3.68. The van der Waals surface area contributed by atoms with E-state index in [1.54, 1.807) is 12.1 Å². The number of imidazole rings is 1. The van der Waals surface area contributed by atoms with E-state index >= 15 is 0 Å². The molecule has 0 fully saturated rings. The molecule has 140 valence electrons. The quantitative estimate of drug-likeness (QED) is 0.609. The lowest BCUT2D eigenvalue weighted by Crippen LogP contribution is -2.09. The van der Waals surface area contributed by atoms with Crippen LogP contribution in [-0.2, 0) is 23.2 Å². The number of nitrogens with zero attached hydrogens (tertiary/aromatic N) is 2. The number of hydrogen-bond acceptors (Lipinski definition) is 4. The average Bonchev–Trinajstić information content (AvgIpc) is 3.03. The van der Waals surface area contributed by atoms with Gasteiger partial charge in [0.25, 0.3) is 0 Å². The van der Waals surface area contributed by atoms with Gasteiger partial charge in [0.05, 0.1) is 11.9 Å². The van der Waals surface area contributed by atoms with Crippen molar-refractivity contribution in [1.29, 1.82) is 0 Å². The van der Waals surface area contributed by atoms with Crippen molar-refractivity contribution >= 4 is 17.9 Å². The van der Waals surface area contributed by atoms with Crippen molar-refractivity contribution in [1.82, 2.24) is 9.55 Å². The minimum absolute atomic E-state index is 0.220. The van der Waals surface area contributed by atoms with Crippen molar-refractivity contribution in [2.75, 3.05) is 5.32 Å². The summed E-state index contributed by atoms with van der Waals surface area (Å²) >= 11 is 0. The first kappa shape index (κ1) is 19.6. The zero-order valence-corrected chi connectivity index (χ0v) is 14.5. The van der Waals surface area contributed by atoms with Crippen LogP contribution < -0.4 is 5.32 Å². The van der Waals surface area contributed by atoms with Gasteiger partial charge in [-0.15, -0.1) is 0 Å². The molecular weight excluding hydrogens is 353 g/mol. The molecule has 0 aliphatic carbocycles. The first-order chi connectivity index (χ1) is 12.9. The zero-order chi connectivity index (χ0) is 19.8. The minimum atomic E-state index is -1.82. The molecule has 0 saturated carbocycles. The molecule has 3 rings (SSSR count). The Morgan fingerprint density at radius 1 is 1.04 bits per heavy atom. The second-order valence-corrected chi connectivity index (χ2v) is 5.48. The molecule has 0 radical (unpaired) electrons. The van der Waals surface area contributed by atoms with E-state index in [-0.39, 0.29) is 5.82 Å². The minimum Gasteiger partial charge on any atom is -0.473 e. The number of carboxylic acids is 2. The van der Waals surface area contributed by atoms with Gasteiger partial charge in [-0.3, -0.25) is 0 Å². The Morgan fingerprint density at radius 3 is 2.19 bits per heavy atom. The Labute approximate surface area is 154 Å². The highest BCUT2D eigenvalue weighted by Crippen LogP contribution is 2.21. The predicted molar refractivity (Wildman–Crippen MR) is 97.6 cm³/mol. The Kier molecular flexibility index (Phi) is 6.65. The highest BCUT2D eigenvalue weighted by molar-refractivity contribution is 6.27. The molecule has 0 bridgehead atoms. The number of benzene rings is 2. The maximum atomic E-state index is 12.9. The van der Waals surface area contributed by atoms with Gasteiger partial charge in [-0.25, -0.2) is 19.0 Å². The maximum Gasteiger partial charge on any atom is 0.414 e. The van der Waals surface area contributed by atoms with Gasteiger partial charge in [0.15, 0.2) is 0 Å². The first-order valence-corrected chi connectivity index (χ1v) is 7.90. The number of nitrogens with one attached hydrogen (secondary N) is 1. The normalized spacial score (nSPS) is 9.85. The number of rotatable bonds is 4. The topological polar surface area (TPSA) is 104 Å². The van der Waals surface area contributed by atoms with Crippen LogP contribution in [0.15, 0.2) is 60.8 Å². The Morgan fingerprint density at radius 2 is 1.63 bits per heavy atom. The molecule has 0 aliphatic rings. The number of carboxylic acid groups (broad SMARTS) is 2. The molecule has 8 heteroatoms. The summed E-state index contributed by atoms with van der Waals surface area (Å²) < 4.78 is 14.9. The molecule has 1 heterocycles. The Balaban J connectivity index is 0.000000380. The Bertz CT molecular complexity index is 896. The number of carbonyl (C=O) groups is 2. The maximum absolute atomic E-state index is 12.9. The third kappa shape index (κ3) is 5.67. The lowest BCUT2D eigenvalue weighted by atomic mass is 10.2. The largest absolute Gasteiger partial charge is 0.473 e. The van der Waals surface area contributed by atoms with Crippen LogP contribution >= 0.6 is 0 Å². The van der Waals surface area contributed by atoms with Crippen molar-refractivity contribution in [3.8, 4) is 11.3 Å². The van der Waals surface area contributed by atoms with E-state index in [1.807, 2.05) is 36.0 Å². The molecule has 0 saturated heterocycles. The average molecular weight is 371 g/mol. The fourth-order valence-corrected chi connectivity index (χ4v) is 2.23. The van der Waals surface area contributed by atoms with Gasteiger partial charge in [0, 0.05) is 13.6 Å². The van der Waals surface area contributed by atoms with Gasteiger partial charge in [0.1, 0.15) is 5.82 Å². The van der Waals surface area contributed by atoms with Crippen molar-refractivity contribution < 1.29 is 24.2 Å². The van der Waals surface area contributed by atoms with Crippen molar-refractivity contribution in [3.05, 3.63) is 72.2 Å². The molecule has 3 N–H and O–H groups in total. The van der Waals surface area contributed by atoms with E-state index in [0.29, 0.717) is 6.54 Å². The van der Waals surface area contributed by atoms with Gasteiger partial charge in [-0.2, -0.15) is 0 Å². The summed E-state index contributed by atoms with van der Waals surface area (Å²) in [6.45, 7) is 0.610. The number of halogens is 1. The number of aliphatic carboxylic acids is 2. The highest BCUT2D eigenvalue weighted by atomic mass is 19.1. The summed E-state index contributed by atoms with van der Waals surface area (Å²) in [6, 6.07) is 16.6. The fourth-order valence-electron chi connectivity index (χ4n) is 2.23. The van der Waals surface area contributed by atoms with Crippen molar-refractivity contribution in [3.63, 3.8) is 0 Å². The third-order valence-corrected chi connectivity index (χ3v) is 3.60. The molecule has 27 heavy (non-hydrogen) atoms. The van der Waals surface area contributed by atoms with Crippen LogP contribution in [0, 0.1) is 5.82 Å². The SMILES string of the molecule is Cn1c(-c2ccccc2)cnc1NCc1ccc(F)cc1.O=C(O)C(=O)O. The van der Waals surface area contributed by atoms with Crippen LogP contribution in [0.5, 0.6) is 0 Å². The highest BCUT2D eigenvalue weighted by Gasteiger charge is 2.07. The standard InChI is InChI=1S/C17H16FN3.C2H2O4/c1-21-16(14-5-3-2-4-6-14)12-20-17(21)19-11-13-7-9-15(18)10-8-13;3-1(4)2(5)6/h2-10,12H,11H2,1H3,(H,19,20);(H,3,4)(H,5,6). The van der Waals surface area contributed by atoms with E-state index in [9.17, 15) is 4.39 Å². The summed E-state index contributed by atoms with van der Waals surface area (Å²) in [6.07, 6.45) is 1.85. The van der Waals surface area contributed by atoms with E-state index in [1.165, 1.54) is 12.1 Å². The molecule has 3 aromatic rings. The molecule has 0 unspecified atom stereocenters. The molecule has 0 amide bonds. The third-order valence-electron chi connectivity index (χ3n) is 3.60. The van der Waals surface area contributed by atoms with E-state index in [0.717, 1.165) is 22.8 Å². The van der Waals surface area contributed by atoms with Crippen molar-refractivity contribution in [2.45, 2.75) is 6.54 Å². The zero-order valence-electron chi connectivity index (χ0n) is 14.5. The van der Waals surface area contributed by atoms with Crippen LogP contribution in [0.3, 0.4) is 0 Å². The van der Waals surface area contributed by atoms with E-state index < -0.39 is 11.9 Å². The van der Waals surface area contributed by atoms with Crippen LogP contribution in [-0.4, -0.2) is 31.7 Å². The van der Waals surface area contributed by atoms with Gasteiger partial charge in [-0.05, 0) is 23.3 Å². The summed E-state index contributed by atoms with van der Waals surface area (Å²) in [7, 11) is 1.97. The van der Waals surface area contributed by atoms with Crippen LogP contribution in [0.1, 0.15) is 5.56 Å². The molecular formula is C19H18FN3O4. The lowest BCUT2D eigenvalue weighted by molar-refractivity contribution is -0.159. The molecule has 0 atom stereocenters. The second kappa shape index (κ2) is 9.14. The lowest BCUT2D eigenvalue weighted by Gasteiger charge is -2.08. The van der Waals surface area contributed by atoms with E-state index in [2.05, 4.69) is 22.4 Å². The molecule has 7 nitrogen and oxygen atoms in total. The van der Waals surface area contributed by atoms with Crippen LogP contribution in [0.2, 0.25) is 0 Å². The summed E-state index contributed by atoms with van der Waals surface area (Å²) in [5.41, 5.74) is 3.19. The smallest absolute Gasteiger partial charge is 0.414 e.